The van der Waals surface area contributed by atoms with Crippen LogP contribution in [0.1, 0.15) is 18.7 Å². The highest BCUT2D eigenvalue weighted by molar-refractivity contribution is 4.91. The lowest BCUT2D eigenvalue weighted by Crippen LogP contribution is -2.31. The van der Waals surface area contributed by atoms with E-state index in [1.807, 2.05) is 19.4 Å². The molecule has 1 fully saturated rings. The summed E-state index contributed by atoms with van der Waals surface area (Å²) in [5.41, 5.74) is 0. The Hall–Kier alpha value is -0.870. The fourth-order valence-corrected chi connectivity index (χ4v) is 2.21. The Bertz CT molecular complexity index is 302. The van der Waals surface area contributed by atoms with Gasteiger partial charge in [-0.15, -0.1) is 0 Å². The number of nitrogens with zero attached hydrogens (tertiary/aromatic N) is 3. The molecule has 4 nitrogen and oxygen atoms in total. The standard InChI is InChI=1S/C12H22N4/c1-15-10-7-14-12(15)4-5-13-6-11-16-8-2-3-9-16/h7,10,13H,2-6,8-9,11H2,1H3. The minimum absolute atomic E-state index is 1.02. The third kappa shape index (κ3) is 3.32. The maximum absolute atomic E-state index is 4.30. The van der Waals surface area contributed by atoms with Crippen molar-refractivity contribution in [3.63, 3.8) is 0 Å². The van der Waals surface area contributed by atoms with Gasteiger partial charge in [0.2, 0.25) is 0 Å². The molecule has 0 aromatic carbocycles. The van der Waals surface area contributed by atoms with Crippen molar-refractivity contribution in [1.29, 1.82) is 0 Å². The monoisotopic (exact) mass is 222 g/mol. The van der Waals surface area contributed by atoms with Crippen LogP contribution in [-0.4, -0.2) is 47.2 Å². The molecule has 90 valence electrons. The molecule has 0 saturated carbocycles. The first-order chi connectivity index (χ1) is 7.86. The van der Waals surface area contributed by atoms with Crippen LogP contribution in [0.15, 0.2) is 12.4 Å². The summed E-state index contributed by atoms with van der Waals surface area (Å²) in [6.45, 7) is 5.91. The second-order valence-electron chi connectivity index (χ2n) is 4.50. The molecule has 1 aromatic rings. The number of hydrogen-bond acceptors (Lipinski definition) is 3. The zero-order chi connectivity index (χ0) is 11.2. The predicted octanol–water partition coefficient (Wildman–Crippen LogP) is 0.648. The predicted molar refractivity (Wildman–Crippen MR) is 65.5 cm³/mol. The molecule has 1 saturated heterocycles. The molecule has 16 heavy (non-hydrogen) atoms. The summed E-state index contributed by atoms with van der Waals surface area (Å²) >= 11 is 0. The molecule has 4 heteroatoms. The number of aromatic nitrogens is 2. The molecule has 0 unspecified atom stereocenters. The fourth-order valence-electron chi connectivity index (χ4n) is 2.21. The van der Waals surface area contributed by atoms with Crippen LogP contribution in [0.2, 0.25) is 0 Å². The van der Waals surface area contributed by atoms with Gasteiger partial charge in [0.25, 0.3) is 0 Å². The number of likely N-dealkylation sites (tertiary alicyclic amines) is 1. The minimum atomic E-state index is 1.02. The Morgan fingerprint density at radius 2 is 2.12 bits per heavy atom. The Kier molecular flexibility index (Phi) is 4.36. The summed E-state index contributed by atoms with van der Waals surface area (Å²) in [6.07, 6.45) is 7.64. The van der Waals surface area contributed by atoms with Crippen LogP contribution in [0.4, 0.5) is 0 Å². The Morgan fingerprint density at radius 3 is 2.81 bits per heavy atom. The fraction of sp³-hybridized carbons (Fsp3) is 0.750. The topological polar surface area (TPSA) is 33.1 Å². The second-order valence-corrected chi connectivity index (χ2v) is 4.50. The molecule has 1 aliphatic heterocycles. The molecule has 0 atom stereocenters. The summed E-state index contributed by atoms with van der Waals surface area (Å²) in [5, 5.41) is 3.48. The summed E-state index contributed by atoms with van der Waals surface area (Å²) in [5.74, 6) is 1.16. The van der Waals surface area contributed by atoms with E-state index in [-0.39, 0.29) is 0 Å². The highest BCUT2D eigenvalue weighted by Gasteiger charge is 2.09. The van der Waals surface area contributed by atoms with Gasteiger partial charge in [-0.1, -0.05) is 0 Å². The van der Waals surface area contributed by atoms with E-state index in [2.05, 4.69) is 19.8 Å². The van der Waals surface area contributed by atoms with Crippen LogP contribution < -0.4 is 5.32 Å². The Labute approximate surface area is 97.7 Å². The molecular formula is C12H22N4. The van der Waals surface area contributed by atoms with E-state index >= 15 is 0 Å². The van der Waals surface area contributed by atoms with Crippen LogP contribution >= 0.6 is 0 Å². The van der Waals surface area contributed by atoms with Crippen LogP contribution in [0.25, 0.3) is 0 Å². The number of nitrogens with one attached hydrogen (secondary N) is 1. The van der Waals surface area contributed by atoms with Crippen molar-refractivity contribution < 1.29 is 0 Å². The Morgan fingerprint density at radius 1 is 1.31 bits per heavy atom. The molecule has 0 spiro atoms. The van der Waals surface area contributed by atoms with Gasteiger partial charge in [0, 0.05) is 45.5 Å². The van der Waals surface area contributed by atoms with Gasteiger partial charge in [-0.05, 0) is 25.9 Å². The highest BCUT2D eigenvalue weighted by atomic mass is 15.1. The number of hydrogen-bond donors (Lipinski definition) is 1. The molecule has 2 heterocycles. The van der Waals surface area contributed by atoms with Gasteiger partial charge in [0.05, 0.1) is 0 Å². The van der Waals surface area contributed by atoms with E-state index in [4.69, 9.17) is 0 Å². The number of imidazole rings is 1. The van der Waals surface area contributed by atoms with E-state index in [9.17, 15) is 0 Å². The zero-order valence-corrected chi connectivity index (χ0v) is 10.2. The molecular weight excluding hydrogens is 200 g/mol. The summed E-state index contributed by atoms with van der Waals surface area (Å²) < 4.78 is 2.09. The smallest absolute Gasteiger partial charge is 0.109 e. The average Bonchev–Trinajstić information content (AvgIpc) is 2.90. The molecule has 1 aromatic heterocycles. The van der Waals surface area contributed by atoms with Crippen LogP contribution in [0.3, 0.4) is 0 Å². The summed E-state index contributed by atoms with van der Waals surface area (Å²) in [6, 6.07) is 0. The van der Waals surface area contributed by atoms with Gasteiger partial charge in [0.15, 0.2) is 0 Å². The van der Waals surface area contributed by atoms with Crippen molar-refractivity contribution in [1.82, 2.24) is 19.8 Å². The van der Waals surface area contributed by atoms with Gasteiger partial charge >= 0.3 is 0 Å². The first kappa shape index (κ1) is 11.6. The van der Waals surface area contributed by atoms with Gasteiger partial charge in [-0.25, -0.2) is 4.98 Å². The minimum Gasteiger partial charge on any atom is -0.338 e. The number of rotatable bonds is 6. The molecule has 0 bridgehead atoms. The van der Waals surface area contributed by atoms with E-state index in [0.29, 0.717) is 0 Å². The van der Waals surface area contributed by atoms with Crippen molar-refractivity contribution in [3.8, 4) is 0 Å². The lowest BCUT2D eigenvalue weighted by Gasteiger charge is -2.14. The third-order valence-electron chi connectivity index (χ3n) is 3.25. The number of aryl methyl sites for hydroxylation is 1. The van der Waals surface area contributed by atoms with Crippen molar-refractivity contribution >= 4 is 0 Å². The molecule has 0 aliphatic carbocycles. The van der Waals surface area contributed by atoms with Crippen LogP contribution in [-0.2, 0) is 13.5 Å². The van der Waals surface area contributed by atoms with E-state index in [1.54, 1.807) is 0 Å². The second kappa shape index (κ2) is 6.01. The van der Waals surface area contributed by atoms with Gasteiger partial charge in [-0.2, -0.15) is 0 Å². The summed E-state index contributed by atoms with van der Waals surface area (Å²) in [7, 11) is 2.05. The summed E-state index contributed by atoms with van der Waals surface area (Å²) in [4.78, 5) is 6.84. The van der Waals surface area contributed by atoms with E-state index in [1.165, 1.54) is 32.5 Å². The van der Waals surface area contributed by atoms with Crippen molar-refractivity contribution in [3.05, 3.63) is 18.2 Å². The zero-order valence-electron chi connectivity index (χ0n) is 10.2. The van der Waals surface area contributed by atoms with Crippen molar-refractivity contribution in [2.75, 3.05) is 32.7 Å². The lowest BCUT2D eigenvalue weighted by molar-refractivity contribution is 0.336. The largest absolute Gasteiger partial charge is 0.338 e. The van der Waals surface area contributed by atoms with Crippen molar-refractivity contribution in [2.24, 2.45) is 7.05 Å². The third-order valence-corrected chi connectivity index (χ3v) is 3.25. The first-order valence-corrected chi connectivity index (χ1v) is 6.25. The van der Waals surface area contributed by atoms with E-state index in [0.717, 1.165) is 25.3 Å². The van der Waals surface area contributed by atoms with Gasteiger partial charge in [-0.3, -0.25) is 0 Å². The Balaban J connectivity index is 1.53. The van der Waals surface area contributed by atoms with Crippen LogP contribution in [0.5, 0.6) is 0 Å². The molecule has 2 rings (SSSR count). The molecule has 0 radical (unpaired) electrons. The molecule has 1 N–H and O–H groups in total. The SMILES string of the molecule is Cn1ccnc1CCNCCN1CCCC1. The maximum Gasteiger partial charge on any atom is 0.109 e. The molecule has 0 amide bonds. The van der Waals surface area contributed by atoms with E-state index < -0.39 is 0 Å². The highest BCUT2D eigenvalue weighted by Crippen LogP contribution is 2.05. The maximum atomic E-state index is 4.30. The molecule has 1 aliphatic rings. The van der Waals surface area contributed by atoms with Crippen molar-refractivity contribution in [2.45, 2.75) is 19.3 Å². The first-order valence-electron chi connectivity index (χ1n) is 6.25. The lowest BCUT2D eigenvalue weighted by atomic mass is 10.4. The van der Waals surface area contributed by atoms with Gasteiger partial charge in [0.1, 0.15) is 5.82 Å². The van der Waals surface area contributed by atoms with Gasteiger partial charge < -0.3 is 14.8 Å². The normalized spacial score (nSPS) is 17.1. The quantitative estimate of drug-likeness (QED) is 0.717. The van der Waals surface area contributed by atoms with Crippen LogP contribution in [0, 0.1) is 0 Å². The average molecular weight is 222 g/mol.